The van der Waals surface area contributed by atoms with E-state index in [2.05, 4.69) is 26.6 Å². The van der Waals surface area contributed by atoms with E-state index in [1.807, 2.05) is 55.4 Å². The van der Waals surface area contributed by atoms with Crippen LogP contribution in [0.15, 0.2) is 12.2 Å². The first-order chi connectivity index (χ1) is 39.3. The molecule has 0 radical (unpaired) electrons. The number of carbonyl (C=O) groups is 11. The Hall–Kier alpha value is -6.17. The van der Waals surface area contributed by atoms with Gasteiger partial charge in [0, 0.05) is 42.3 Å². The first-order valence-corrected chi connectivity index (χ1v) is 30.3. The standard InChI is InChI=1S/C61H109N11O13/c1-23-42-57(81)67(17)32-47(74)64-43(28-33(2)3)53(77)66-48(37(10)11)60(84)68(18)44(29-34(4)5)54(78)62-40(15)52(76)63-41(16)56(80)69(19)45(30-35(6)7)58(82)70(20)46(31-36(8)9)59(83)71(21)49(38(12)13)61(85)72(22)50(55(79)65-42)51(75)39(14)26-24-25-27-73/h24-25,33-46,48-51,73,75H,23,26-32H2,1-22H3,(H,62,78)(H,63,76)(H,64,74)(H,65,79)(H,66,77)/b25-24+/t39-,40+,41-,42+,43+,44+,45+,46+,48+,49+,50+,51-/m1/s1. The van der Waals surface area contributed by atoms with Crippen LogP contribution in [0.25, 0.3) is 0 Å². The third-order valence-electron chi connectivity index (χ3n) is 15.6. The molecular weight excluding hydrogens is 1090 g/mol. The normalized spacial score (nSPS) is 26.8. The molecule has 0 aliphatic carbocycles. The molecule has 1 rings (SSSR count). The Labute approximate surface area is 507 Å². The summed E-state index contributed by atoms with van der Waals surface area (Å²) in [6.07, 6.45) is 2.19. The minimum Gasteiger partial charge on any atom is -0.392 e. The van der Waals surface area contributed by atoms with Gasteiger partial charge in [0.2, 0.25) is 65.0 Å². The number of likely N-dealkylation sites (N-methyl/N-ethyl adjacent to an activating group) is 6. The fourth-order valence-corrected chi connectivity index (χ4v) is 10.5. The zero-order chi connectivity index (χ0) is 65.8. The van der Waals surface area contributed by atoms with E-state index < -0.39 is 156 Å². The fourth-order valence-electron chi connectivity index (χ4n) is 10.5. The zero-order valence-electron chi connectivity index (χ0n) is 55.3. The summed E-state index contributed by atoms with van der Waals surface area (Å²) in [4.78, 5) is 166. The van der Waals surface area contributed by atoms with E-state index >= 15 is 9.59 Å². The van der Waals surface area contributed by atoms with Crippen LogP contribution in [0.5, 0.6) is 0 Å². The highest BCUT2D eigenvalue weighted by Gasteiger charge is 2.45. The molecule has 7 N–H and O–H groups in total. The van der Waals surface area contributed by atoms with Crippen molar-refractivity contribution in [3.63, 3.8) is 0 Å². The number of hydrogen-bond donors (Lipinski definition) is 7. The Bertz CT molecular complexity index is 2310. The maximum absolute atomic E-state index is 15.1. The lowest BCUT2D eigenvalue weighted by Gasteiger charge is -2.41. The number of allylic oxidation sites excluding steroid dienone is 1. The van der Waals surface area contributed by atoms with Gasteiger partial charge in [-0.25, -0.2) is 0 Å². The molecular formula is C61H109N11O13. The van der Waals surface area contributed by atoms with Crippen LogP contribution in [0.2, 0.25) is 0 Å². The summed E-state index contributed by atoms with van der Waals surface area (Å²) in [6, 6.07) is -12.6. The average Bonchev–Trinajstić information content (AvgIpc) is 3.62. The van der Waals surface area contributed by atoms with Crippen molar-refractivity contribution in [2.75, 3.05) is 55.4 Å². The summed E-state index contributed by atoms with van der Waals surface area (Å²) in [6.45, 7) is 26.9. The van der Waals surface area contributed by atoms with Gasteiger partial charge in [0.05, 0.1) is 19.3 Å². The smallest absolute Gasteiger partial charge is 0.246 e. The van der Waals surface area contributed by atoms with Crippen LogP contribution in [-0.4, -0.2) is 227 Å². The first kappa shape index (κ1) is 76.8. The van der Waals surface area contributed by atoms with Crippen LogP contribution in [0.1, 0.15) is 149 Å². The van der Waals surface area contributed by atoms with E-state index in [9.17, 15) is 53.4 Å². The van der Waals surface area contributed by atoms with Crippen LogP contribution in [-0.2, 0) is 52.7 Å². The Kier molecular flexibility index (Phi) is 32.1. The van der Waals surface area contributed by atoms with E-state index in [1.165, 1.54) is 81.8 Å². The van der Waals surface area contributed by atoms with Gasteiger partial charge in [0.1, 0.15) is 60.4 Å². The third-order valence-corrected chi connectivity index (χ3v) is 15.6. The van der Waals surface area contributed by atoms with E-state index in [1.54, 1.807) is 47.6 Å². The summed E-state index contributed by atoms with van der Waals surface area (Å²) in [7, 11) is 8.36. The number of aliphatic hydroxyl groups excluding tert-OH is 2. The molecule has 1 aliphatic heterocycles. The summed E-state index contributed by atoms with van der Waals surface area (Å²) in [5, 5.41) is 35.1. The van der Waals surface area contributed by atoms with Gasteiger partial charge in [0.15, 0.2) is 0 Å². The molecule has 85 heavy (non-hydrogen) atoms. The van der Waals surface area contributed by atoms with Gasteiger partial charge in [-0.15, -0.1) is 0 Å². The molecule has 12 atom stereocenters. The lowest BCUT2D eigenvalue weighted by molar-refractivity contribution is -0.157. The molecule has 0 bridgehead atoms. The molecule has 0 aromatic carbocycles. The van der Waals surface area contributed by atoms with Gasteiger partial charge in [-0.3, -0.25) is 52.7 Å². The summed E-state index contributed by atoms with van der Waals surface area (Å²) >= 11 is 0. The van der Waals surface area contributed by atoms with Crippen molar-refractivity contribution in [2.45, 2.75) is 216 Å². The van der Waals surface area contributed by atoms with Gasteiger partial charge in [0.25, 0.3) is 0 Å². The number of hydrogen-bond acceptors (Lipinski definition) is 13. The van der Waals surface area contributed by atoms with Gasteiger partial charge in [-0.05, 0) is 93.8 Å². The van der Waals surface area contributed by atoms with Crippen molar-refractivity contribution in [1.82, 2.24) is 56.0 Å². The van der Waals surface area contributed by atoms with E-state index in [-0.39, 0.29) is 68.8 Å². The van der Waals surface area contributed by atoms with Crippen LogP contribution in [0.4, 0.5) is 0 Å². The van der Waals surface area contributed by atoms with Crippen LogP contribution in [0, 0.1) is 41.4 Å². The van der Waals surface area contributed by atoms with Gasteiger partial charge in [-0.1, -0.05) is 109 Å². The molecule has 0 unspecified atom stereocenters. The molecule has 0 aromatic rings. The molecule has 1 fully saturated rings. The quantitative estimate of drug-likeness (QED) is 0.109. The van der Waals surface area contributed by atoms with E-state index in [0.29, 0.717) is 0 Å². The minimum atomic E-state index is -1.67. The highest BCUT2D eigenvalue weighted by atomic mass is 16.3. The van der Waals surface area contributed by atoms with Crippen LogP contribution in [0.3, 0.4) is 0 Å². The number of nitrogens with zero attached hydrogens (tertiary/aromatic N) is 6. The molecule has 24 heteroatoms. The van der Waals surface area contributed by atoms with Crippen molar-refractivity contribution in [3.05, 3.63) is 12.2 Å². The van der Waals surface area contributed by atoms with Crippen LogP contribution >= 0.6 is 0 Å². The predicted molar refractivity (Wildman–Crippen MR) is 325 cm³/mol. The van der Waals surface area contributed by atoms with Gasteiger partial charge < -0.3 is 66.2 Å². The van der Waals surface area contributed by atoms with Crippen LogP contribution < -0.4 is 26.6 Å². The molecule has 1 heterocycles. The Morgan fingerprint density at radius 3 is 1.39 bits per heavy atom. The highest BCUT2D eigenvalue weighted by molar-refractivity contribution is 5.99. The second-order valence-corrected chi connectivity index (χ2v) is 25.8. The van der Waals surface area contributed by atoms with Crippen molar-refractivity contribution in [3.8, 4) is 0 Å². The summed E-state index contributed by atoms with van der Waals surface area (Å²) in [5.41, 5.74) is 0. The van der Waals surface area contributed by atoms with Crippen molar-refractivity contribution >= 4 is 65.0 Å². The lowest BCUT2D eigenvalue weighted by Crippen LogP contribution is -2.63. The molecule has 0 spiro atoms. The maximum Gasteiger partial charge on any atom is 0.246 e. The molecule has 486 valence electrons. The van der Waals surface area contributed by atoms with E-state index in [0.717, 1.165) is 9.80 Å². The highest BCUT2D eigenvalue weighted by Crippen LogP contribution is 2.25. The minimum absolute atomic E-state index is 0.00664. The average molecular weight is 1200 g/mol. The molecule has 11 amide bonds. The number of aliphatic hydroxyl groups is 2. The number of amides is 11. The Morgan fingerprint density at radius 2 is 0.918 bits per heavy atom. The van der Waals surface area contributed by atoms with Gasteiger partial charge in [-0.2, -0.15) is 0 Å². The largest absolute Gasteiger partial charge is 0.392 e. The second-order valence-electron chi connectivity index (χ2n) is 25.8. The summed E-state index contributed by atoms with van der Waals surface area (Å²) < 4.78 is 0. The second kappa shape index (κ2) is 35.5. The first-order valence-electron chi connectivity index (χ1n) is 30.3. The fraction of sp³-hybridized carbons (Fsp3) is 0.787. The monoisotopic (exact) mass is 1200 g/mol. The molecule has 1 saturated heterocycles. The zero-order valence-corrected chi connectivity index (χ0v) is 55.3. The van der Waals surface area contributed by atoms with Gasteiger partial charge >= 0.3 is 0 Å². The lowest BCUT2D eigenvalue weighted by atomic mass is 9.91. The SMILES string of the molecule is CC[C@@H]1NC(=O)[C@H]([C@H](O)[C@H](C)C/C=C/CO)N(C)C(=O)[C@H](C(C)C)N(C)C(=O)[C@H](CC(C)C)N(C)C(=O)[C@H](CC(C)C)N(C)C(=O)[C@@H](C)NC(=O)[C@H](C)NC(=O)[C@H](CC(C)C)N(C)C(=O)[C@H](C(C)C)NC(=O)[C@H](CC(C)C)NC(=O)CN(C)C1=O. The van der Waals surface area contributed by atoms with Crippen molar-refractivity contribution in [1.29, 1.82) is 0 Å². The topological polar surface area (TPSA) is 308 Å². The molecule has 1 aliphatic rings. The Balaban J connectivity index is 4.29. The predicted octanol–water partition coefficient (Wildman–Crippen LogP) is 1.90. The third kappa shape index (κ3) is 22.6. The van der Waals surface area contributed by atoms with E-state index in [4.69, 9.17) is 0 Å². The Morgan fingerprint density at radius 1 is 0.459 bits per heavy atom. The summed E-state index contributed by atoms with van der Waals surface area (Å²) in [5.74, 6) is -10.3. The van der Waals surface area contributed by atoms with Crippen molar-refractivity contribution in [2.24, 2.45) is 41.4 Å². The number of carbonyl (C=O) groups excluding carboxylic acids is 11. The molecule has 24 nitrogen and oxygen atoms in total. The molecule has 0 saturated carbocycles. The maximum atomic E-state index is 15.1. The molecule has 0 aromatic heterocycles. The number of rotatable bonds is 16. The van der Waals surface area contributed by atoms with Crippen molar-refractivity contribution < 1.29 is 63.0 Å². The number of nitrogens with one attached hydrogen (secondary N) is 5.